The summed E-state index contributed by atoms with van der Waals surface area (Å²) in [6.07, 6.45) is 0. The summed E-state index contributed by atoms with van der Waals surface area (Å²) in [4.78, 5) is 2.32. The van der Waals surface area contributed by atoms with E-state index in [2.05, 4.69) is 137 Å². The molecule has 2 heterocycles. The number of rotatable bonds is 4. The minimum absolute atomic E-state index is 0.886. The van der Waals surface area contributed by atoms with Crippen LogP contribution in [0.2, 0.25) is 0 Å². The molecule has 0 saturated heterocycles. The second kappa shape index (κ2) is 8.64. The van der Waals surface area contributed by atoms with Crippen molar-refractivity contribution in [3.8, 4) is 5.69 Å². The number of hydrogen-bond acceptors (Lipinski definition) is 2. The third-order valence-electron chi connectivity index (χ3n) is 7.58. The highest BCUT2D eigenvalue weighted by Crippen LogP contribution is 2.43. The molecule has 0 aliphatic rings. The van der Waals surface area contributed by atoms with Crippen LogP contribution in [0.25, 0.3) is 49.4 Å². The van der Waals surface area contributed by atoms with Gasteiger partial charge < -0.3 is 13.9 Å². The van der Waals surface area contributed by atoms with E-state index < -0.39 is 0 Å². The van der Waals surface area contributed by atoms with E-state index in [1.54, 1.807) is 0 Å². The normalized spacial score (nSPS) is 11.6. The number of aromatic nitrogens is 1. The summed E-state index contributed by atoms with van der Waals surface area (Å²) in [6.45, 7) is 0. The van der Waals surface area contributed by atoms with Gasteiger partial charge in [-0.3, -0.25) is 0 Å². The number of benzene rings is 6. The van der Waals surface area contributed by atoms with E-state index in [-0.39, 0.29) is 0 Å². The lowest BCUT2D eigenvalue weighted by atomic mass is 10.1. The van der Waals surface area contributed by atoms with Crippen molar-refractivity contribution >= 4 is 60.8 Å². The Balaban J connectivity index is 1.34. The Morgan fingerprint density at radius 3 is 1.72 bits per heavy atom. The maximum atomic E-state index is 6.23. The van der Waals surface area contributed by atoms with Crippen molar-refractivity contribution in [1.29, 1.82) is 0 Å². The molecule has 0 aliphatic carbocycles. The van der Waals surface area contributed by atoms with Crippen molar-refractivity contribution in [3.63, 3.8) is 0 Å². The van der Waals surface area contributed by atoms with E-state index in [0.717, 1.165) is 44.7 Å². The Bertz CT molecular complexity index is 2060. The van der Waals surface area contributed by atoms with E-state index in [1.165, 1.54) is 21.8 Å². The third kappa shape index (κ3) is 3.37. The minimum Gasteiger partial charge on any atom is -0.456 e. The number of anilines is 3. The topological polar surface area (TPSA) is 21.3 Å². The molecule has 3 heteroatoms. The first-order valence-electron chi connectivity index (χ1n) is 13.2. The van der Waals surface area contributed by atoms with Crippen LogP contribution in [-0.2, 0) is 0 Å². The van der Waals surface area contributed by atoms with Gasteiger partial charge in [-0.05, 0) is 66.7 Å². The van der Waals surface area contributed by atoms with Crippen LogP contribution < -0.4 is 4.90 Å². The van der Waals surface area contributed by atoms with Gasteiger partial charge in [0.2, 0.25) is 0 Å². The van der Waals surface area contributed by atoms with Gasteiger partial charge in [-0.1, -0.05) is 78.9 Å². The summed E-state index contributed by atoms with van der Waals surface area (Å²) in [6, 6.07) is 51.2. The van der Waals surface area contributed by atoms with Gasteiger partial charge in [0.05, 0.1) is 22.1 Å². The minimum atomic E-state index is 0.886. The number of fused-ring (bicyclic) bond motifs is 6. The average molecular weight is 501 g/mol. The number of nitrogens with zero attached hydrogens (tertiary/aromatic N) is 2. The number of furan rings is 1. The number of para-hydroxylation sites is 4. The van der Waals surface area contributed by atoms with Crippen molar-refractivity contribution < 1.29 is 4.42 Å². The molecule has 0 spiro atoms. The molecular weight excluding hydrogens is 476 g/mol. The summed E-state index contributed by atoms with van der Waals surface area (Å²) in [5.74, 6) is 0. The highest BCUT2D eigenvalue weighted by atomic mass is 16.3. The summed E-state index contributed by atoms with van der Waals surface area (Å²) in [7, 11) is 0. The van der Waals surface area contributed by atoms with Crippen LogP contribution in [0.1, 0.15) is 0 Å². The monoisotopic (exact) mass is 500 g/mol. The summed E-state index contributed by atoms with van der Waals surface area (Å²) < 4.78 is 8.59. The zero-order valence-corrected chi connectivity index (χ0v) is 21.2. The molecule has 39 heavy (non-hydrogen) atoms. The van der Waals surface area contributed by atoms with Crippen molar-refractivity contribution in [1.82, 2.24) is 4.57 Å². The largest absolute Gasteiger partial charge is 0.456 e. The van der Waals surface area contributed by atoms with Crippen LogP contribution in [-0.4, -0.2) is 4.57 Å². The predicted molar refractivity (Wildman–Crippen MR) is 163 cm³/mol. The molecule has 3 nitrogen and oxygen atoms in total. The standard InChI is InChI=1S/C36H24N2O/c1-2-11-25(12-3-1)37(33-18-10-20-35-36(33)30-15-6-9-19-34(30)39-35)26-21-23-27(24-22-26)38-31-16-7-4-13-28(31)29-14-5-8-17-32(29)38/h1-24H. The van der Waals surface area contributed by atoms with Gasteiger partial charge in [-0.2, -0.15) is 0 Å². The van der Waals surface area contributed by atoms with Gasteiger partial charge in [0.1, 0.15) is 11.2 Å². The lowest BCUT2D eigenvalue weighted by molar-refractivity contribution is 0.669. The molecule has 184 valence electrons. The molecule has 2 aromatic heterocycles. The molecule has 8 rings (SSSR count). The first-order valence-corrected chi connectivity index (χ1v) is 13.2. The molecule has 0 aliphatic heterocycles. The molecule has 6 aromatic carbocycles. The third-order valence-corrected chi connectivity index (χ3v) is 7.58. The summed E-state index contributed by atoms with van der Waals surface area (Å²) in [5.41, 5.74) is 8.61. The molecule has 8 aromatic rings. The predicted octanol–water partition coefficient (Wildman–Crippen LogP) is 10.2. The van der Waals surface area contributed by atoms with Crippen LogP contribution in [0.4, 0.5) is 17.1 Å². The van der Waals surface area contributed by atoms with E-state index in [9.17, 15) is 0 Å². The van der Waals surface area contributed by atoms with Crippen LogP contribution in [0.3, 0.4) is 0 Å². The summed E-state index contributed by atoms with van der Waals surface area (Å²) in [5, 5.41) is 4.76. The van der Waals surface area contributed by atoms with Crippen molar-refractivity contribution in [2.24, 2.45) is 0 Å². The van der Waals surface area contributed by atoms with E-state index in [1.807, 2.05) is 18.2 Å². The molecule has 0 N–H and O–H groups in total. The fourth-order valence-corrected chi connectivity index (χ4v) is 5.90. The van der Waals surface area contributed by atoms with Gasteiger partial charge in [0.15, 0.2) is 0 Å². The van der Waals surface area contributed by atoms with Gasteiger partial charge >= 0.3 is 0 Å². The lowest BCUT2D eigenvalue weighted by Crippen LogP contribution is -2.10. The molecule has 0 fully saturated rings. The Morgan fingerprint density at radius 2 is 1.00 bits per heavy atom. The first kappa shape index (κ1) is 21.8. The lowest BCUT2D eigenvalue weighted by Gasteiger charge is -2.26. The number of hydrogen-bond donors (Lipinski definition) is 0. The Morgan fingerprint density at radius 1 is 0.436 bits per heavy atom. The van der Waals surface area contributed by atoms with E-state index >= 15 is 0 Å². The zero-order chi connectivity index (χ0) is 25.8. The molecular formula is C36H24N2O. The zero-order valence-electron chi connectivity index (χ0n) is 21.2. The molecule has 0 atom stereocenters. The highest BCUT2D eigenvalue weighted by molar-refractivity contribution is 6.13. The highest BCUT2D eigenvalue weighted by Gasteiger charge is 2.19. The quantitative estimate of drug-likeness (QED) is 0.240. The van der Waals surface area contributed by atoms with E-state index in [4.69, 9.17) is 4.42 Å². The summed E-state index contributed by atoms with van der Waals surface area (Å²) >= 11 is 0. The molecule has 0 unspecified atom stereocenters. The van der Waals surface area contributed by atoms with Gasteiger partial charge in [-0.15, -0.1) is 0 Å². The maximum Gasteiger partial charge on any atom is 0.137 e. The Hall–Kier alpha value is -5.28. The smallest absolute Gasteiger partial charge is 0.137 e. The fourth-order valence-electron chi connectivity index (χ4n) is 5.90. The molecule has 0 bridgehead atoms. The van der Waals surface area contributed by atoms with Crippen LogP contribution in [0.5, 0.6) is 0 Å². The molecule has 0 amide bonds. The first-order chi connectivity index (χ1) is 19.4. The van der Waals surface area contributed by atoms with E-state index in [0.29, 0.717) is 0 Å². The Kier molecular flexibility index (Phi) is 4.82. The van der Waals surface area contributed by atoms with Gasteiger partial charge in [-0.25, -0.2) is 0 Å². The van der Waals surface area contributed by atoms with Gasteiger partial charge in [0, 0.05) is 33.2 Å². The van der Waals surface area contributed by atoms with Crippen molar-refractivity contribution in [2.75, 3.05) is 4.90 Å². The molecule has 0 radical (unpaired) electrons. The average Bonchev–Trinajstić information content (AvgIpc) is 3.55. The van der Waals surface area contributed by atoms with Crippen LogP contribution >= 0.6 is 0 Å². The van der Waals surface area contributed by atoms with Crippen LogP contribution in [0, 0.1) is 0 Å². The van der Waals surface area contributed by atoms with Crippen molar-refractivity contribution in [2.45, 2.75) is 0 Å². The fraction of sp³-hybridized carbons (Fsp3) is 0. The van der Waals surface area contributed by atoms with Gasteiger partial charge in [0.25, 0.3) is 0 Å². The maximum absolute atomic E-state index is 6.23. The molecule has 0 saturated carbocycles. The second-order valence-electron chi connectivity index (χ2n) is 9.81. The SMILES string of the molecule is c1ccc(N(c2ccc(-n3c4ccccc4c4ccccc43)cc2)c2cccc3oc4ccccc4c23)cc1. The second-order valence-corrected chi connectivity index (χ2v) is 9.81. The van der Waals surface area contributed by atoms with Crippen molar-refractivity contribution in [3.05, 3.63) is 146 Å². The Labute approximate surface area is 225 Å². The van der Waals surface area contributed by atoms with Crippen LogP contribution in [0.15, 0.2) is 150 Å².